The molecule has 2 aliphatic heterocycles. The van der Waals surface area contributed by atoms with Crippen LogP contribution in [0, 0.1) is 0 Å². The molecule has 1 atom stereocenters. The van der Waals surface area contributed by atoms with Gasteiger partial charge in [0.15, 0.2) is 0 Å². The van der Waals surface area contributed by atoms with Crippen LogP contribution in [0.4, 0.5) is 0 Å². The second-order valence-electron chi connectivity index (χ2n) is 7.45. The second kappa shape index (κ2) is 6.74. The number of nitrogens with zero attached hydrogens (tertiary/aromatic N) is 2. The molecule has 0 aliphatic carbocycles. The normalized spacial score (nSPS) is 23.8. The molecule has 0 radical (unpaired) electrons. The Bertz CT molecular complexity index is 1100. The van der Waals surface area contributed by atoms with Crippen molar-refractivity contribution in [2.24, 2.45) is 4.99 Å². The van der Waals surface area contributed by atoms with Gasteiger partial charge in [0, 0.05) is 24.3 Å². The van der Waals surface area contributed by atoms with Gasteiger partial charge in [0.1, 0.15) is 5.54 Å². The highest BCUT2D eigenvalue weighted by Gasteiger charge is 2.50. The van der Waals surface area contributed by atoms with Gasteiger partial charge in [-0.15, -0.1) is 0 Å². The number of sulfonamides is 1. The zero-order valence-electron chi connectivity index (χ0n) is 16.4. The summed E-state index contributed by atoms with van der Waals surface area (Å²) in [5, 5.41) is 0. The van der Waals surface area contributed by atoms with Crippen molar-refractivity contribution in [2.45, 2.75) is 25.8 Å². The first-order valence-corrected chi connectivity index (χ1v) is 11.3. The number of benzene rings is 2. The Morgan fingerprint density at radius 1 is 1.00 bits per heavy atom. The molecule has 4 rings (SSSR count). The van der Waals surface area contributed by atoms with Crippen LogP contribution in [-0.2, 0) is 10.0 Å². The molecule has 0 unspecified atom stereocenters. The zero-order valence-corrected chi connectivity index (χ0v) is 17.2. The van der Waals surface area contributed by atoms with Gasteiger partial charge in [-0.25, -0.2) is 8.42 Å². The van der Waals surface area contributed by atoms with E-state index in [1.54, 1.807) is 0 Å². The van der Waals surface area contributed by atoms with Crippen LogP contribution in [0.5, 0.6) is 0 Å². The molecule has 0 N–H and O–H groups in total. The summed E-state index contributed by atoms with van der Waals surface area (Å²) in [5.41, 5.74) is 5.39. The van der Waals surface area contributed by atoms with E-state index < -0.39 is 15.6 Å². The lowest BCUT2D eigenvalue weighted by atomic mass is 9.84. The molecule has 4 nitrogen and oxygen atoms in total. The molecular formula is C23H24N2O2S. The minimum atomic E-state index is -3.39. The maximum atomic E-state index is 12.5. The monoisotopic (exact) mass is 392 g/mol. The standard InChI is InChI=1S/C23H24N2O2S/c1-17-22(20-12-8-5-9-13-20)18(2)24-23(17)14-15-25(28(3,26)27)21(23)16-19-10-6-4-7-11-19/h4-13,16H,14-15H2,1-3H3/b21-16+/t23-/m1/s1. The number of hydrogen-bond donors (Lipinski definition) is 0. The molecule has 0 amide bonds. The van der Waals surface area contributed by atoms with Crippen LogP contribution >= 0.6 is 0 Å². The van der Waals surface area contributed by atoms with E-state index >= 15 is 0 Å². The highest BCUT2D eigenvalue weighted by atomic mass is 32.2. The molecule has 5 heteroatoms. The van der Waals surface area contributed by atoms with Gasteiger partial charge in [-0.05, 0) is 36.6 Å². The maximum absolute atomic E-state index is 12.5. The van der Waals surface area contributed by atoms with Gasteiger partial charge >= 0.3 is 0 Å². The fourth-order valence-electron chi connectivity index (χ4n) is 4.39. The molecular weight excluding hydrogens is 368 g/mol. The van der Waals surface area contributed by atoms with Crippen molar-refractivity contribution in [3.8, 4) is 0 Å². The zero-order chi connectivity index (χ0) is 19.9. The van der Waals surface area contributed by atoms with E-state index in [9.17, 15) is 8.42 Å². The van der Waals surface area contributed by atoms with Crippen LogP contribution in [0.15, 0.2) is 76.9 Å². The van der Waals surface area contributed by atoms with Gasteiger partial charge in [-0.3, -0.25) is 9.30 Å². The summed E-state index contributed by atoms with van der Waals surface area (Å²) >= 11 is 0. The quantitative estimate of drug-likeness (QED) is 0.778. The Morgan fingerprint density at radius 2 is 1.61 bits per heavy atom. The largest absolute Gasteiger partial charge is 0.272 e. The van der Waals surface area contributed by atoms with E-state index in [0.29, 0.717) is 13.0 Å². The predicted octanol–water partition coefficient (Wildman–Crippen LogP) is 4.38. The third-order valence-corrected chi connectivity index (χ3v) is 6.83. The van der Waals surface area contributed by atoms with Crippen LogP contribution in [-0.4, -0.2) is 36.8 Å². The minimum absolute atomic E-state index is 0.438. The minimum Gasteiger partial charge on any atom is -0.272 e. The van der Waals surface area contributed by atoms with Gasteiger partial charge in [0.05, 0.1) is 12.0 Å². The summed E-state index contributed by atoms with van der Waals surface area (Å²) < 4.78 is 26.6. The Labute approximate surface area is 167 Å². The fraction of sp³-hybridized carbons (Fsp3) is 0.261. The van der Waals surface area contributed by atoms with E-state index in [2.05, 4.69) is 19.1 Å². The molecule has 1 spiro atoms. The highest BCUT2D eigenvalue weighted by molar-refractivity contribution is 7.88. The van der Waals surface area contributed by atoms with Crippen molar-refractivity contribution in [1.29, 1.82) is 0 Å². The van der Waals surface area contributed by atoms with Gasteiger partial charge in [-0.1, -0.05) is 60.7 Å². The summed E-state index contributed by atoms with van der Waals surface area (Å²) in [6.45, 7) is 4.55. The first-order valence-electron chi connectivity index (χ1n) is 9.41. The Hall–Kier alpha value is -2.66. The number of rotatable bonds is 3. The molecule has 144 valence electrons. The molecule has 2 heterocycles. The predicted molar refractivity (Wildman–Crippen MR) is 115 cm³/mol. The lowest BCUT2D eigenvalue weighted by molar-refractivity contribution is 0.515. The van der Waals surface area contributed by atoms with Crippen molar-refractivity contribution < 1.29 is 8.42 Å². The summed E-state index contributed by atoms with van der Waals surface area (Å²) in [5.74, 6) is 0. The summed E-state index contributed by atoms with van der Waals surface area (Å²) in [6.07, 6.45) is 3.90. The van der Waals surface area contributed by atoms with E-state index in [1.165, 1.54) is 10.6 Å². The van der Waals surface area contributed by atoms with Gasteiger partial charge in [0.25, 0.3) is 0 Å². The molecule has 28 heavy (non-hydrogen) atoms. The molecule has 1 saturated heterocycles. The topological polar surface area (TPSA) is 49.7 Å². The van der Waals surface area contributed by atoms with Crippen molar-refractivity contribution in [3.05, 3.63) is 83.1 Å². The van der Waals surface area contributed by atoms with Crippen molar-refractivity contribution in [1.82, 2.24) is 4.31 Å². The lowest BCUT2D eigenvalue weighted by Gasteiger charge is -2.28. The van der Waals surface area contributed by atoms with Gasteiger partial charge in [-0.2, -0.15) is 0 Å². The summed E-state index contributed by atoms with van der Waals surface area (Å²) in [7, 11) is -3.39. The van der Waals surface area contributed by atoms with Crippen molar-refractivity contribution >= 4 is 27.4 Å². The SMILES string of the molecule is CC1=N[C@]2(CCN(S(C)(=O)=O)/C2=C/c2ccccc2)C(C)=C1c1ccccc1. The fourth-order valence-corrected chi connectivity index (χ4v) is 5.37. The average molecular weight is 393 g/mol. The number of hydrogen-bond acceptors (Lipinski definition) is 3. The van der Waals surface area contributed by atoms with E-state index in [1.807, 2.05) is 61.5 Å². The second-order valence-corrected chi connectivity index (χ2v) is 9.36. The van der Waals surface area contributed by atoms with Crippen molar-refractivity contribution in [3.63, 3.8) is 0 Å². The Balaban J connectivity index is 1.93. The first kappa shape index (κ1) is 18.7. The molecule has 0 bridgehead atoms. The van der Waals surface area contributed by atoms with Gasteiger partial charge in [0.2, 0.25) is 10.0 Å². The molecule has 1 fully saturated rings. The summed E-state index contributed by atoms with van der Waals surface area (Å²) in [6, 6.07) is 20.1. The number of aliphatic imine (C=N–C) groups is 1. The summed E-state index contributed by atoms with van der Waals surface area (Å²) in [4.78, 5) is 5.07. The molecule has 2 aromatic rings. The van der Waals surface area contributed by atoms with Gasteiger partial charge < -0.3 is 0 Å². The third-order valence-electron chi connectivity index (χ3n) is 5.65. The number of allylic oxidation sites excluding steroid dienone is 1. The van der Waals surface area contributed by atoms with Crippen LogP contribution in [0.3, 0.4) is 0 Å². The Kier molecular flexibility index (Phi) is 4.50. The van der Waals surface area contributed by atoms with Crippen LogP contribution in [0.1, 0.15) is 31.4 Å². The van der Waals surface area contributed by atoms with Crippen LogP contribution in [0.2, 0.25) is 0 Å². The molecule has 0 aromatic heterocycles. The van der Waals surface area contributed by atoms with E-state index in [-0.39, 0.29) is 0 Å². The third kappa shape index (κ3) is 3.00. The lowest BCUT2D eigenvalue weighted by Crippen LogP contribution is -2.32. The maximum Gasteiger partial charge on any atom is 0.232 e. The average Bonchev–Trinajstić information content (AvgIpc) is 3.14. The van der Waals surface area contributed by atoms with Crippen molar-refractivity contribution in [2.75, 3.05) is 12.8 Å². The van der Waals surface area contributed by atoms with Crippen LogP contribution in [0.25, 0.3) is 11.6 Å². The Morgan fingerprint density at radius 3 is 2.21 bits per heavy atom. The van der Waals surface area contributed by atoms with E-state index in [0.717, 1.165) is 33.7 Å². The first-order chi connectivity index (χ1) is 13.3. The van der Waals surface area contributed by atoms with Crippen LogP contribution < -0.4 is 0 Å². The van der Waals surface area contributed by atoms with E-state index in [4.69, 9.17) is 4.99 Å². The molecule has 0 saturated carbocycles. The molecule has 2 aliphatic rings. The molecule has 2 aromatic carbocycles. The smallest absolute Gasteiger partial charge is 0.232 e. The highest BCUT2D eigenvalue weighted by Crippen LogP contribution is 2.49.